The number of carbonyl (C=O) groups is 2. The van der Waals surface area contributed by atoms with E-state index in [1.165, 1.54) is 17.6 Å². The third kappa shape index (κ3) is 4.64. The number of rotatable bonds is 6. The number of carbonyl (C=O) groups excluding carboxylic acids is 2. The van der Waals surface area contributed by atoms with Crippen molar-refractivity contribution in [2.75, 3.05) is 11.9 Å². The van der Waals surface area contributed by atoms with Gasteiger partial charge in [-0.2, -0.15) is 0 Å². The lowest BCUT2D eigenvalue weighted by Gasteiger charge is -2.23. The van der Waals surface area contributed by atoms with Crippen molar-refractivity contribution >= 4 is 28.3 Å². The second kappa shape index (κ2) is 6.93. The van der Waals surface area contributed by atoms with Crippen molar-refractivity contribution in [1.29, 1.82) is 0 Å². The van der Waals surface area contributed by atoms with E-state index in [0.717, 1.165) is 0 Å². The quantitative estimate of drug-likeness (QED) is 0.743. The van der Waals surface area contributed by atoms with Crippen molar-refractivity contribution < 1.29 is 14.0 Å². The van der Waals surface area contributed by atoms with E-state index < -0.39 is 5.54 Å². The summed E-state index contributed by atoms with van der Waals surface area (Å²) >= 11 is 1.27. The number of anilines is 1. The Labute approximate surface area is 138 Å². The summed E-state index contributed by atoms with van der Waals surface area (Å²) in [4.78, 5) is 28.3. The molecular formula is C15H20N4O3S. The zero-order valence-electron chi connectivity index (χ0n) is 13.3. The molecule has 0 aromatic carbocycles. The molecule has 0 aliphatic carbocycles. The van der Waals surface area contributed by atoms with Crippen molar-refractivity contribution in [3.8, 4) is 0 Å². The number of nitrogens with zero attached hydrogens (tertiary/aromatic N) is 1. The van der Waals surface area contributed by atoms with Crippen molar-refractivity contribution in [3.05, 3.63) is 34.7 Å². The Balaban J connectivity index is 1.94. The molecule has 4 N–H and O–H groups in total. The minimum atomic E-state index is -0.455. The highest BCUT2D eigenvalue weighted by Crippen LogP contribution is 2.18. The van der Waals surface area contributed by atoms with Crippen LogP contribution < -0.4 is 16.4 Å². The van der Waals surface area contributed by atoms with Crippen LogP contribution in [0.3, 0.4) is 0 Å². The molecule has 7 nitrogen and oxygen atoms in total. The van der Waals surface area contributed by atoms with Gasteiger partial charge in [-0.25, -0.2) is 4.98 Å². The molecule has 2 aromatic heterocycles. The van der Waals surface area contributed by atoms with Gasteiger partial charge in [0.1, 0.15) is 5.76 Å². The third-order valence-electron chi connectivity index (χ3n) is 3.21. The van der Waals surface area contributed by atoms with E-state index >= 15 is 0 Å². The Morgan fingerprint density at radius 1 is 1.43 bits per heavy atom. The predicted molar refractivity (Wildman–Crippen MR) is 88.5 cm³/mol. The van der Waals surface area contributed by atoms with E-state index in [4.69, 9.17) is 10.2 Å². The zero-order valence-corrected chi connectivity index (χ0v) is 14.1. The number of thiazole rings is 1. The first-order valence-electron chi connectivity index (χ1n) is 7.11. The van der Waals surface area contributed by atoms with Crippen LogP contribution in [0.15, 0.2) is 22.1 Å². The van der Waals surface area contributed by atoms with E-state index in [1.807, 2.05) is 13.8 Å². The number of hydrogen-bond acceptors (Lipinski definition) is 6. The molecule has 2 heterocycles. The summed E-state index contributed by atoms with van der Waals surface area (Å²) in [7, 11) is 0. The number of nitrogens with two attached hydrogens (primary N) is 1. The van der Waals surface area contributed by atoms with Gasteiger partial charge in [-0.15, -0.1) is 11.3 Å². The maximum Gasteiger partial charge on any atom is 0.260 e. The molecule has 0 saturated heterocycles. The molecule has 0 saturated carbocycles. The van der Waals surface area contributed by atoms with E-state index in [1.54, 1.807) is 18.4 Å². The fraction of sp³-hybridized carbons (Fsp3) is 0.400. The van der Waals surface area contributed by atoms with Crippen molar-refractivity contribution in [2.24, 2.45) is 5.73 Å². The lowest BCUT2D eigenvalue weighted by atomic mass is 10.1. The van der Waals surface area contributed by atoms with Gasteiger partial charge in [-0.1, -0.05) is 0 Å². The van der Waals surface area contributed by atoms with Crippen molar-refractivity contribution in [1.82, 2.24) is 10.3 Å². The van der Waals surface area contributed by atoms with Gasteiger partial charge >= 0.3 is 0 Å². The van der Waals surface area contributed by atoms with E-state index in [2.05, 4.69) is 15.6 Å². The standard InChI is InChI=1S/C15H20N4O3S/c1-9-11(4-5-22-9)13(21)18-14-17-10(7-23-14)6-12(20)19-15(2,3)8-16/h4-5,7H,6,8,16H2,1-3H3,(H,19,20)(H,17,18,21). The summed E-state index contributed by atoms with van der Waals surface area (Å²) in [6, 6.07) is 1.60. The van der Waals surface area contributed by atoms with E-state index in [0.29, 0.717) is 28.7 Å². The average Bonchev–Trinajstić information content (AvgIpc) is 3.07. The molecule has 124 valence electrons. The molecule has 8 heteroatoms. The topological polar surface area (TPSA) is 110 Å². The van der Waals surface area contributed by atoms with Crippen LogP contribution in [0, 0.1) is 6.92 Å². The number of aryl methyl sites for hydroxylation is 1. The van der Waals surface area contributed by atoms with E-state index in [-0.39, 0.29) is 18.2 Å². The molecular weight excluding hydrogens is 316 g/mol. The lowest BCUT2D eigenvalue weighted by Crippen LogP contribution is -2.49. The fourth-order valence-electron chi connectivity index (χ4n) is 1.87. The lowest BCUT2D eigenvalue weighted by molar-refractivity contribution is -0.121. The van der Waals surface area contributed by atoms with E-state index in [9.17, 15) is 9.59 Å². The highest BCUT2D eigenvalue weighted by molar-refractivity contribution is 7.14. The van der Waals surface area contributed by atoms with Crippen LogP contribution in [0.4, 0.5) is 5.13 Å². The molecule has 0 atom stereocenters. The van der Waals surface area contributed by atoms with Gasteiger partial charge in [0.2, 0.25) is 5.91 Å². The van der Waals surface area contributed by atoms with Crippen LogP contribution in [0.5, 0.6) is 0 Å². The first kappa shape index (κ1) is 17.2. The Bertz CT molecular complexity index is 705. The largest absolute Gasteiger partial charge is 0.469 e. The minimum absolute atomic E-state index is 0.139. The number of nitrogens with one attached hydrogen (secondary N) is 2. The maximum atomic E-state index is 12.1. The van der Waals surface area contributed by atoms with Gasteiger partial charge in [-0.3, -0.25) is 14.9 Å². The molecule has 0 unspecified atom stereocenters. The molecule has 0 spiro atoms. The SMILES string of the molecule is Cc1occc1C(=O)Nc1nc(CC(=O)NC(C)(C)CN)cs1. The fourth-order valence-corrected chi connectivity index (χ4v) is 2.57. The van der Waals surface area contributed by atoms with Crippen LogP contribution in [0.2, 0.25) is 0 Å². The minimum Gasteiger partial charge on any atom is -0.469 e. The molecule has 0 radical (unpaired) electrons. The molecule has 0 bridgehead atoms. The van der Waals surface area contributed by atoms with Gasteiger partial charge in [0.25, 0.3) is 5.91 Å². The summed E-state index contributed by atoms with van der Waals surface area (Å²) in [5, 5.41) is 7.71. The van der Waals surface area contributed by atoms with Crippen LogP contribution in [0.25, 0.3) is 0 Å². The summed E-state index contributed by atoms with van der Waals surface area (Å²) in [5.41, 5.74) is 6.19. The molecule has 2 aromatic rings. The number of furan rings is 1. The maximum absolute atomic E-state index is 12.1. The third-order valence-corrected chi connectivity index (χ3v) is 4.01. The smallest absolute Gasteiger partial charge is 0.260 e. The van der Waals surface area contributed by atoms with Crippen molar-refractivity contribution in [2.45, 2.75) is 32.7 Å². The highest BCUT2D eigenvalue weighted by atomic mass is 32.1. The molecule has 2 rings (SSSR count). The Morgan fingerprint density at radius 2 is 2.17 bits per heavy atom. The van der Waals surface area contributed by atoms with Gasteiger partial charge in [0, 0.05) is 17.5 Å². The Kier molecular flexibility index (Phi) is 5.17. The Hall–Kier alpha value is -2.19. The molecule has 0 aliphatic rings. The second-order valence-electron chi connectivity index (χ2n) is 5.80. The van der Waals surface area contributed by atoms with Gasteiger partial charge < -0.3 is 15.5 Å². The van der Waals surface area contributed by atoms with Gasteiger partial charge in [-0.05, 0) is 26.8 Å². The molecule has 23 heavy (non-hydrogen) atoms. The normalized spacial score (nSPS) is 11.3. The summed E-state index contributed by atoms with van der Waals surface area (Å²) < 4.78 is 5.10. The summed E-state index contributed by atoms with van der Waals surface area (Å²) in [5.74, 6) is 0.0999. The van der Waals surface area contributed by atoms with Crippen molar-refractivity contribution in [3.63, 3.8) is 0 Å². The second-order valence-corrected chi connectivity index (χ2v) is 6.66. The highest BCUT2D eigenvalue weighted by Gasteiger charge is 2.19. The first-order chi connectivity index (χ1) is 10.8. The van der Waals surface area contributed by atoms with Crippen LogP contribution >= 0.6 is 11.3 Å². The predicted octanol–water partition coefficient (Wildman–Crippen LogP) is 1.69. The van der Waals surface area contributed by atoms with Gasteiger partial charge in [0.15, 0.2) is 5.13 Å². The summed E-state index contributed by atoms with van der Waals surface area (Å²) in [6.45, 7) is 5.77. The van der Waals surface area contributed by atoms with Crippen LogP contribution in [0.1, 0.15) is 35.7 Å². The summed E-state index contributed by atoms with van der Waals surface area (Å²) in [6.07, 6.45) is 1.60. The Morgan fingerprint density at radius 3 is 2.78 bits per heavy atom. The zero-order chi connectivity index (χ0) is 17.0. The first-order valence-corrected chi connectivity index (χ1v) is 7.99. The monoisotopic (exact) mass is 336 g/mol. The van der Waals surface area contributed by atoms with Crippen LogP contribution in [-0.4, -0.2) is 28.9 Å². The number of aromatic nitrogens is 1. The van der Waals surface area contributed by atoms with Crippen LogP contribution in [-0.2, 0) is 11.2 Å². The molecule has 2 amide bonds. The molecule has 0 aliphatic heterocycles. The number of hydrogen-bond donors (Lipinski definition) is 3. The number of amides is 2. The van der Waals surface area contributed by atoms with Gasteiger partial charge in [0.05, 0.1) is 23.9 Å². The average molecular weight is 336 g/mol. The molecule has 0 fully saturated rings.